The van der Waals surface area contributed by atoms with Crippen LogP contribution in [0.1, 0.15) is 18.9 Å². The van der Waals surface area contributed by atoms with Gasteiger partial charge in [0.1, 0.15) is 0 Å². The maximum atomic E-state index is 11.1. The van der Waals surface area contributed by atoms with E-state index in [1.807, 2.05) is 18.2 Å². The minimum atomic E-state index is -0.597. The molecule has 5 nitrogen and oxygen atoms in total. The second-order valence-electron chi connectivity index (χ2n) is 3.52. The van der Waals surface area contributed by atoms with E-state index in [0.717, 1.165) is 5.56 Å². The van der Waals surface area contributed by atoms with Crippen LogP contribution in [0.4, 0.5) is 10.5 Å². The van der Waals surface area contributed by atoms with E-state index >= 15 is 0 Å². The van der Waals surface area contributed by atoms with E-state index in [9.17, 15) is 9.59 Å². The average molecular weight is 248 g/mol. The zero-order valence-corrected chi connectivity index (χ0v) is 10.2. The quantitative estimate of drug-likeness (QED) is 0.783. The normalized spacial score (nSPS) is 10.3. The SMILES string of the molecule is CCOC(=O)CC=Cc1ccc(NC(N)=O)cc1. The predicted octanol–water partition coefficient (Wildman–Crippen LogP) is 2.14. The summed E-state index contributed by atoms with van der Waals surface area (Å²) in [6, 6.07) is 6.49. The molecule has 2 amide bonds. The molecule has 0 aliphatic heterocycles. The van der Waals surface area contributed by atoms with Gasteiger partial charge in [0.05, 0.1) is 13.0 Å². The van der Waals surface area contributed by atoms with Crippen molar-refractivity contribution in [2.45, 2.75) is 13.3 Å². The molecule has 1 aromatic carbocycles. The molecular weight excluding hydrogens is 232 g/mol. The highest BCUT2D eigenvalue weighted by atomic mass is 16.5. The summed E-state index contributed by atoms with van der Waals surface area (Å²) in [5.41, 5.74) is 6.54. The summed E-state index contributed by atoms with van der Waals surface area (Å²) in [6.45, 7) is 2.16. The van der Waals surface area contributed by atoms with E-state index in [-0.39, 0.29) is 12.4 Å². The molecule has 18 heavy (non-hydrogen) atoms. The third-order valence-electron chi connectivity index (χ3n) is 2.08. The molecule has 0 atom stereocenters. The molecule has 1 rings (SSSR count). The van der Waals surface area contributed by atoms with Crippen molar-refractivity contribution in [2.24, 2.45) is 5.73 Å². The molecule has 0 saturated heterocycles. The molecule has 0 spiro atoms. The van der Waals surface area contributed by atoms with Crippen molar-refractivity contribution in [3.8, 4) is 0 Å². The Morgan fingerprint density at radius 3 is 2.56 bits per heavy atom. The maximum Gasteiger partial charge on any atom is 0.316 e. The van der Waals surface area contributed by atoms with Crippen LogP contribution in [-0.2, 0) is 9.53 Å². The Hall–Kier alpha value is -2.30. The standard InChI is InChI=1S/C13H16N2O3/c1-2-18-12(16)5-3-4-10-6-8-11(9-7-10)15-13(14)17/h3-4,6-9H,2,5H2,1H3,(H3,14,15,17). The van der Waals surface area contributed by atoms with E-state index in [1.165, 1.54) is 0 Å². The van der Waals surface area contributed by atoms with Gasteiger partial charge in [0.15, 0.2) is 0 Å². The number of hydrogen-bond donors (Lipinski definition) is 2. The van der Waals surface area contributed by atoms with Gasteiger partial charge in [0.2, 0.25) is 0 Å². The number of rotatable bonds is 5. The predicted molar refractivity (Wildman–Crippen MR) is 69.9 cm³/mol. The molecule has 0 unspecified atom stereocenters. The number of amides is 2. The molecule has 0 heterocycles. The number of ether oxygens (including phenoxy) is 1. The zero-order chi connectivity index (χ0) is 13.4. The van der Waals surface area contributed by atoms with Gasteiger partial charge in [0, 0.05) is 5.69 Å². The van der Waals surface area contributed by atoms with Crippen LogP contribution in [0.15, 0.2) is 30.3 Å². The molecule has 96 valence electrons. The first-order chi connectivity index (χ1) is 8.61. The average Bonchev–Trinajstić information content (AvgIpc) is 2.31. The van der Waals surface area contributed by atoms with Gasteiger partial charge >= 0.3 is 12.0 Å². The molecule has 0 bridgehead atoms. The lowest BCUT2D eigenvalue weighted by Crippen LogP contribution is -2.19. The number of primary amides is 1. The van der Waals surface area contributed by atoms with Crippen molar-refractivity contribution in [1.29, 1.82) is 0 Å². The number of hydrogen-bond acceptors (Lipinski definition) is 3. The Balaban J connectivity index is 2.50. The number of benzene rings is 1. The number of carbonyl (C=O) groups is 2. The summed E-state index contributed by atoms with van der Waals surface area (Å²) in [4.78, 5) is 21.7. The molecule has 1 aromatic rings. The number of carbonyl (C=O) groups excluding carboxylic acids is 2. The minimum absolute atomic E-state index is 0.245. The van der Waals surface area contributed by atoms with E-state index in [2.05, 4.69) is 5.32 Å². The highest BCUT2D eigenvalue weighted by Gasteiger charge is 1.97. The van der Waals surface area contributed by atoms with Crippen LogP contribution < -0.4 is 11.1 Å². The first-order valence-corrected chi connectivity index (χ1v) is 5.60. The largest absolute Gasteiger partial charge is 0.466 e. The Labute approximate surface area is 106 Å². The zero-order valence-electron chi connectivity index (χ0n) is 10.2. The second kappa shape index (κ2) is 7.11. The third kappa shape index (κ3) is 5.16. The summed E-state index contributed by atoms with van der Waals surface area (Å²) in [5, 5.41) is 2.46. The van der Waals surface area contributed by atoms with Crippen LogP contribution in [-0.4, -0.2) is 18.6 Å². The fourth-order valence-electron chi connectivity index (χ4n) is 1.33. The Kier molecular flexibility index (Phi) is 5.44. The minimum Gasteiger partial charge on any atom is -0.466 e. The van der Waals surface area contributed by atoms with Gasteiger partial charge in [-0.2, -0.15) is 0 Å². The highest BCUT2D eigenvalue weighted by Crippen LogP contribution is 2.10. The van der Waals surface area contributed by atoms with E-state index in [1.54, 1.807) is 25.1 Å². The van der Waals surface area contributed by atoms with Gasteiger partial charge in [0.25, 0.3) is 0 Å². The summed E-state index contributed by atoms with van der Waals surface area (Å²) >= 11 is 0. The van der Waals surface area contributed by atoms with Gasteiger partial charge in [-0.05, 0) is 24.6 Å². The first kappa shape index (κ1) is 13.8. The molecule has 0 aliphatic carbocycles. The summed E-state index contributed by atoms with van der Waals surface area (Å²) in [7, 11) is 0. The van der Waals surface area contributed by atoms with Crippen LogP contribution in [0.25, 0.3) is 6.08 Å². The first-order valence-electron chi connectivity index (χ1n) is 5.60. The fraction of sp³-hybridized carbons (Fsp3) is 0.231. The molecular formula is C13H16N2O3. The molecule has 0 aromatic heterocycles. The van der Waals surface area contributed by atoms with Gasteiger partial charge < -0.3 is 15.8 Å². The Bertz CT molecular complexity index is 438. The lowest BCUT2D eigenvalue weighted by atomic mass is 10.2. The molecule has 0 radical (unpaired) electrons. The van der Waals surface area contributed by atoms with Crippen molar-refractivity contribution >= 4 is 23.8 Å². The molecule has 0 aliphatic rings. The van der Waals surface area contributed by atoms with Crippen molar-refractivity contribution in [3.63, 3.8) is 0 Å². The van der Waals surface area contributed by atoms with Crippen molar-refractivity contribution < 1.29 is 14.3 Å². The second-order valence-corrected chi connectivity index (χ2v) is 3.52. The maximum absolute atomic E-state index is 11.1. The van der Waals surface area contributed by atoms with Crippen LogP contribution >= 0.6 is 0 Å². The highest BCUT2D eigenvalue weighted by molar-refractivity contribution is 5.87. The number of nitrogens with two attached hydrogens (primary N) is 1. The fourth-order valence-corrected chi connectivity index (χ4v) is 1.33. The number of nitrogens with one attached hydrogen (secondary N) is 1. The Morgan fingerprint density at radius 1 is 1.33 bits per heavy atom. The van der Waals surface area contributed by atoms with Crippen LogP contribution in [0.3, 0.4) is 0 Å². The molecule has 3 N–H and O–H groups in total. The van der Waals surface area contributed by atoms with Gasteiger partial charge in [-0.25, -0.2) is 4.79 Å². The molecule has 0 saturated carbocycles. The number of anilines is 1. The van der Waals surface area contributed by atoms with E-state index in [4.69, 9.17) is 10.5 Å². The van der Waals surface area contributed by atoms with Gasteiger partial charge in [-0.1, -0.05) is 24.3 Å². The lowest BCUT2D eigenvalue weighted by Gasteiger charge is -2.01. The van der Waals surface area contributed by atoms with Gasteiger partial charge in [-0.15, -0.1) is 0 Å². The van der Waals surface area contributed by atoms with E-state index < -0.39 is 6.03 Å². The summed E-state index contributed by atoms with van der Waals surface area (Å²) < 4.78 is 4.79. The Morgan fingerprint density at radius 2 is 2.00 bits per heavy atom. The summed E-state index contributed by atoms with van der Waals surface area (Å²) in [5.74, 6) is -0.249. The lowest BCUT2D eigenvalue weighted by molar-refractivity contribution is -0.142. The van der Waals surface area contributed by atoms with Crippen molar-refractivity contribution in [3.05, 3.63) is 35.9 Å². The third-order valence-corrected chi connectivity index (χ3v) is 2.08. The number of urea groups is 1. The van der Waals surface area contributed by atoms with Gasteiger partial charge in [-0.3, -0.25) is 4.79 Å². The van der Waals surface area contributed by atoms with Crippen LogP contribution in [0.2, 0.25) is 0 Å². The van der Waals surface area contributed by atoms with Crippen LogP contribution in [0.5, 0.6) is 0 Å². The van der Waals surface area contributed by atoms with E-state index in [0.29, 0.717) is 12.3 Å². The van der Waals surface area contributed by atoms with Crippen LogP contribution in [0, 0.1) is 0 Å². The molecule has 0 fully saturated rings. The van der Waals surface area contributed by atoms with Crippen molar-refractivity contribution in [2.75, 3.05) is 11.9 Å². The molecule has 5 heteroatoms. The monoisotopic (exact) mass is 248 g/mol. The summed E-state index contributed by atoms with van der Waals surface area (Å²) in [6.07, 6.45) is 3.79. The smallest absolute Gasteiger partial charge is 0.316 e. The number of esters is 1. The van der Waals surface area contributed by atoms with Crippen molar-refractivity contribution in [1.82, 2.24) is 0 Å². The topological polar surface area (TPSA) is 81.4 Å².